The topological polar surface area (TPSA) is 57.7 Å². The van der Waals surface area contributed by atoms with Crippen molar-refractivity contribution in [1.29, 1.82) is 0 Å². The number of aryl methyl sites for hydroxylation is 1. The Balaban J connectivity index is 2.02. The molecule has 0 radical (unpaired) electrons. The van der Waals surface area contributed by atoms with Crippen molar-refractivity contribution in [3.05, 3.63) is 35.4 Å². The maximum absolute atomic E-state index is 12.0. The zero-order chi connectivity index (χ0) is 13.8. The van der Waals surface area contributed by atoms with Gasteiger partial charge < -0.3 is 9.80 Å². The number of amides is 2. The summed E-state index contributed by atoms with van der Waals surface area (Å²) in [6, 6.07) is 6.95. The molecule has 19 heavy (non-hydrogen) atoms. The molecule has 5 nitrogen and oxygen atoms in total. The summed E-state index contributed by atoms with van der Waals surface area (Å²) in [5.74, 6) is -0.978. The average molecular weight is 260 g/mol. The second-order valence-corrected chi connectivity index (χ2v) is 4.63. The van der Waals surface area contributed by atoms with Crippen LogP contribution in [0.4, 0.5) is 0 Å². The smallest absolute Gasteiger partial charge is 0.295 e. The fourth-order valence-corrected chi connectivity index (χ4v) is 2.00. The van der Waals surface area contributed by atoms with Crippen molar-refractivity contribution in [2.24, 2.45) is 0 Å². The third-order valence-corrected chi connectivity index (χ3v) is 3.26. The lowest BCUT2D eigenvalue weighted by atomic mass is 10.1. The largest absolute Gasteiger partial charge is 0.342 e. The number of carbonyl (C=O) groups is 3. The summed E-state index contributed by atoms with van der Waals surface area (Å²) in [5.41, 5.74) is 1.46. The highest BCUT2D eigenvalue weighted by Crippen LogP contribution is 2.08. The van der Waals surface area contributed by atoms with Crippen molar-refractivity contribution < 1.29 is 14.4 Å². The molecular formula is C14H16N2O3. The van der Waals surface area contributed by atoms with Gasteiger partial charge in [0.15, 0.2) is 0 Å². The van der Waals surface area contributed by atoms with Gasteiger partial charge >= 0.3 is 0 Å². The summed E-state index contributed by atoms with van der Waals surface area (Å²) >= 11 is 0. The first-order valence-electron chi connectivity index (χ1n) is 6.21. The number of hydrogen-bond acceptors (Lipinski definition) is 3. The van der Waals surface area contributed by atoms with Gasteiger partial charge in [-0.25, -0.2) is 0 Å². The van der Waals surface area contributed by atoms with Gasteiger partial charge in [0.05, 0.1) is 0 Å². The van der Waals surface area contributed by atoms with Crippen LogP contribution >= 0.6 is 0 Å². The minimum Gasteiger partial charge on any atom is -0.342 e. The summed E-state index contributed by atoms with van der Waals surface area (Å²) in [4.78, 5) is 37.8. The van der Waals surface area contributed by atoms with E-state index in [4.69, 9.17) is 0 Å². The summed E-state index contributed by atoms with van der Waals surface area (Å²) in [6.07, 6.45) is 0.767. The first-order chi connectivity index (χ1) is 9.11. The highest BCUT2D eigenvalue weighted by Gasteiger charge is 2.26. The third kappa shape index (κ3) is 2.99. The number of benzene rings is 1. The number of nitrogens with zero attached hydrogens (tertiary/aromatic N) is 2. The van der Waals surface area contributed by atoms with Gasteiger partial charge in [-0.05, 0) is 6.92 Å². The van der Waals surface area contributed by atoms with Crippen LogP contribution in [0.15, 0.2) is 24.3 Å². The Labute approximate surface area is 111 Å². The lowest BCUT2D eigenvalue weighted by Crippen LogP contribution is -2.50. The van der Waals surface area contributed by atoms with Gasteiger partial charge in [-0.2, -0.15) is 0 Å². The van der Waals surface area contributed by atoms with E-state index < -0.39 is 11.7 Å². The fraction of sp³-hybridized carbons (Fsp3) is 0.357. The van der Waals surface area contributed by atoms with E-state index in [0.717, 1.165) is 12.0 Å². The van der Waals surface area contributed by atoms with E-state index in [-0.39, 0.29) is 0 Å². The molecule has 0 aromatic heterocycles. The Hall–Kier alpha value is -2.17. The van der Waals surface area contributed by atoms with Crippen molar-refractivity contribution in [1.82, 2.24) is 9.80 Å². The molecule has 100 valence electrons. The zero-order valence-electron chi connectivity index (χ0n) is 10.8. The number of carbonyl (C=O) groups excluding carboxylic acids is 3. The Morgan fingerprint density at radius 3 is 2.16 bits per heavy atom. The van der Waals surface area contributed by atoms with E-state index in [0.29, 0.717) is 31.7 Å². The molecule has 0 aliphatic carbocycles. The number of piperazine rings is 1. The predicted octanol–water partition coefficient (Wildman–Crippen LogP) is 0.478. The van der Waals surface area contributed by atoms with Crippen LogP contribution in [0.2, 0.25) is 0 Å². The third-order valence-electron chi connectivity index (χ3n) is 3.26. The Bertz CT molecular complexity index is 488. The van der Waals surface area contributed by atoms with E-state index in [1.54, 1.807) is 17.0 Å². The minimum absolute atomic E-state index is 0.411. The molecule has 0 bridgehead atoms. The van der Waals surface area contributed by atoms with Gasteiger partial charge in [-0.15, -0.1) is 0 Å². The van der Waals surface area contributed by atoms with Crippen LogP contribution in [0.1, 0.15) is 15.9 Å². The molecule has 5 heteroatoms. The zero-order valence-corrected chi connectivity index (χ0v) is 10.8. The van der Waals surface area contributed by atoms with Gasteiger partial charge in [-0.1, -0.05) is 29.8 Å². The molecule has 1 heterocycles. The second-order valence-electron chi connectivity index (χ2n) is 4.63. The van der Waals surface area contributed by atoms with Crippen molar-refractivity contribution in [3.8, 4) is 0 Å². The van der Waals surface area contributed by atoms with E-state index >= 15 is 0 Å². The standard InChI is InChI=1S/C14H16N2O3/c1-11-2-4-12(5-3-11)13(18)14(19)16-8-6-15(10-17)7-9-16/h2-5,10H,6-9H2,1H3. The summed E-state index contributed by atoms with van der Waals surface area (Å²) < 4.78 is 0. The summed E-state index contributed by atoms with van der Waals surface area (Å²) in [7, 11) is 0. The molecule has 2 rings (SSSR count). The molecule has 1 aromatic rings. The highest BCUT2D eigenvalue weighted by molar-refractivity contribution is 6.42. The van der Waals surface area contributed by atoms with Crippen LogP contribution in [-0.2, 0) is 9.59 Å². The number of Topliss-reactive ketones (excluding diaryl/α,β-unsaturated/α-hetero) is 1. The van der Waals surface area contributed by atoms with Crippen molar-refractivity contribution in [2.75, 3.05) is 26.2 Å². The van der Waals surface area contributed by atoms with Gasteiger partial charge in [0.2, 0.25) is 12.2 Å². The maximum atomic E-state index is 12.0. The Morgan fingerprint density at radius 1 is 1.05 bits per heavy atom. The predicted molar refractivity (Wildman–Crippen MR) is 69.7 cm³/mol. The lowest BCUT2D eigenvalue weighted by molar-refractivity contribution is -0.131. The van der Waals surface area contributed by atoms with Crippen LogP contribution in [0.3, 0.4) is 0 Å². The first kappa shape index (κ1) is 13.3. The molecule has 0 saturated carbocycles. The summed E-state index contributed by atoms with van der Waals surface area (Å²) in [6.45, 7) is 3.71. The molecule has 0 atom stereocenters. The van der Waals surface area contributed by atoms with Gasteiger partial charge in [0, 0.05) is 31.7 Å². The average Bonchev–Trinajstić information content (AvgIpc) is 2.46. The van der Waals surface area contributed by atoms with Crippen LogP contribution in [0.25, 0.3) is 0 Å². The van der Waals surface area contributed by atoms with Crippen LogP contribution in [-0.4, -0.2) is 54.1 Å². The molecule has 1 aliphatic heterocycles. The molecule has 1 aromatic carbocycles. The Kier molecular flexibility index (Phi) is 3.94. The fourth-order valence-electron chi connectivity index (χ4n) is 2.00. The van der Waals surface area contributed by atoms with Crippen molar-refractivity contribution in [2.45, 2.75) is 6.92 Å². The van der Waals surface area contributed by atoms with Crippen LogP contribution in [0, 0.1) is 6.92 Å². The van der Waals surface area contributed by atoms with Gasteiger partial charge in [-0.3, -0.25) is 14.4 Å². The number of rotatable bonds is 3. The molecule has 0 spiro atoms. The lowest BCUT2D eigenvalue weighted by Gasteiger charge is -2.32. The molecule has 1 fully saturated rings. The summed E-state index contributed by atoms with van der Waals surface area (Å²) in [5, 5.41) is 0. The van der Waals surface area contributed by atoms with Crippen LogP contribution < -0.4 is 0 Å². The molecule has 2 amide bonds. The van der Waals surface area contributed by atoms with E-state index in [1.807, 2.05) is 19.1 Å². The minimum atomic E-state index is -0.491. The highest BCUT2D eigenvalue weighted by atomic mass is 16.2. The van der Waals surface area contributed by atoms with Crippen molar-refractivity contribution in [3.63, 3.8) is 0 Å². The molecule has 1 saturated heterocycles. The normalized spacial score (nSPS) is 15.2. The van der Waals surface area contributed by atoms with E-state index in [1.165, 1.54) is 4.90 Å². The van der Waals surface area contributed by atoms with Gasteiger partial charge in [0.1, 0.15) is 0 Å². The first-order valence-corrected chi connectivity index (χ1v) is 6.21. The SMILES string of the molecule is Cc1ccc(C(=O)C(=O)N2CCN(C=O)CC2)cc1. The number of ketones is 1. The molecular weight excluding hydrogens is 244 g/mol. The maximum Gasteiger partial charge on any atom is 0.295 e. The molecule has 0 unspecified atom stereocenters. The van der Waals surface area contributed by atoms with Crippen LogP contribution in [0.5, 0.6) is 0 Å². The Morgan fingerprint density at radius 2 is 1.63 bits per heavy atom. The monoisotopic (exact) mass is 260 g/mol. The number of hydrogen-bond donors (Lipinski definition) is 0. The van der Waals surface area contributed by atoms with E-state index in [9.17, 15) is 14.4 Å². The van der Waals surface area contributed by atoms with Gasteiger partial charge in [0.25, 0.3) is 5.91 Å². The van der Waals surface area contributed by atoms with Crippen molar-refractivity contribution >= 4 is 18.1 Å². The van der Waals surface area contributed by atoms with E-state index in [2.05, 4.69) is 0 Å². The quantitative estimate of drug-likeness (QED) is 0.451. The molecule has 1 aliphatic rings. The molecule has 0 N–H and O–H groups in total. The second kappa shape index (κ2) is 5.65.